The van der Waals surface area contributed by atoms with Gasteiger partial charge in [0.05, 0.1) is 24.9 Å². The summed E-state index contributed by atoms with van der Waals surface area (Å²) in [6.45, 7) is 3.80. The maximum atomic E-state index is 13.6. The number of nitrogens with one attached hydrogen (secondary N) is 3. The van der Waals surface area contributed by atoms with E-state index in [1.54, 1.807) is 7.05 Å². The minimum absolute atomic E-state index is 0.00730. The Morgan fingerprint density at radius 3 is 2.13 bits per heavy atom. The average Bonchev–Trinajstić information content (AvgIpc) is 3.12. The summed E-state index contributed by atoms with van der Waals surface area (Å²) in [4.78, 5) is 51.3. The summed E-state index contributed by atoms with van der Waals surface area (Å²) < 4.78 is 30.7. The van der Waals surface area contributed by atoms with E-state index in [-0.39, 0.29) is 37.4 Å². The quantitative estimate of drug-likeness (QED) is 0.0758. The molecular formula is C36H61N3O15. The lowest BCUT2D eigenvalue weighted by Crippen LogP contribution is -2.68. The third kappa shape index (κ3) is 11.6. The van der Waals surface area contributed by atoms with Crippen LogP contribution < -0.4 is 16.0 Å². The second kappa shape index (κ2) is 20.7. The van der Waals surface area contributed by atoms with Crippen LogP contribution in [0.3, 0.4) is 0 Å². The summed E-state index contributed by atoms with van der Waals surface area (Å²) in [6.07, 6.45) is -11.3. The van der Waals surface area contributed by atoms with Crippen molar-refractivity contribution in [2.75, 3.05) is 20.2 Å². The molecule has 2 amide bonds. The minimum Gasteiger partial charge on any atom is -0.479 e. The lowest BCUT2D eigenvalue weighted by atomic mass is 9.78. The third-order valence-electron chi connectivity index (χ3n) is 11.0. The SMILES string of the molecule is CNCCCC(=O)C1CC(NC(C)=O)[C@@H](O[C@@H]2OC(C)[C@@H](O)[C@H](O)C2O)[C@H](O[C@@H]2O[C@@H](CO)[C@H](O)C(O[C@@H](CC3CCCCC3)C(=O)O)C2NC(C)=O)C1. The molecule has 2 saturated heterocycles. The van der Waals surface area contributed by atoms with Gasteiger partial charge < -0.3 is 70.3 Å². The molecule has 0 spiro atoms. The van der Waals surface area contributed by atoms with Crippen molar-refractivity contribution in [2.45, 2.75) is 171 Å². The van der Waals surface area contributed by atoms with E-state index < -0.39 is 116 Å². The second-order valence-electron chi connectivity index (χ2n) is 15.2. The lowest BCUT2D eigenvalue weighted by molar-refractivity contribution is -0.335. The van der Waals surface area contributed by atoms with Crippen molar-refractivity contribution in [3.8, 4) is 0 Å². The maximum Gasteiger partial charge on any atom is 0.332 e. The third-order valence-corrected chi connectivity index (χ3v) is 11.0. The molecule has 2 aliphatic carbocycles. The van der Waals surface area contributed by atoms with Crippen molar-refractivity contribution in [1.82, 2.24) is 16.0 Å². The largest absolute Gasteiger partial charge is 0.479 e. The Bertz CT molecular complexity index is 1240. The molecule has 15 atom stereocenters. The summed E-state index contributed by atoms with van der Waals surface area (Å²) in [5.41, 5.74) is 0. The molecule has 2 saturated carbocycles. The molecule has 9 N–H and O–H groups in total. The Morgan fingerprint density at radius 2 is 1.52 bits per heavy atom. The highest BCUT2D eigenvalue weighted by molar-refractivity contribution is 5.81. The average molecular weight is 776 g/mol. The van der Waals surface area contributed by atoms with Gasteiger partial charge in [0, 0.05) is 26.2 Å². The van der Waals surface area contributed by atoms with Gasteiger partial charge in [0.15, 0.2) is 18.7 Å². The maximum absolute atomic E-state index is 13.6. The van der Waals surface area contributed by atoms with E-state index in [1.807, 2.05) is 0 Å². The Labute approximate surface area is 315 Å². The number of hydrogen-bond donors (Lipinski definition) is 9. The zero-order valence-electron chi connectivity index (χ0n) is 31.6. The molecule has 0 radical (unpaired) electrons. The first kappa shape index (κ1) is 44.4. The number of aliphatic hydroxyl groups is 5. The molecule has 0 aromatic carbocycles. The van der Waals surface area contributed by atoms with Crippen LogP contribution in [0.25, 0.3) is 0 Å². The van der Waals surface area contributed by atoms with Crippen molar-refractivity contribution in [3.05, 3.63) is 0 Å². The van der Waals surface area contributed by atoms with Crippen molar-refractivity contribution in [2.24, 2.45) is 11.8 Å². The summed E-state index contributed by atoms with van der Waals surface area (Å²) >= 11 is 0. The van der Waals surface area contributed by atoms with Crippen LogP contribution in [0.15, 0.2) is 0 Å². The Morgan fingerprint density at radius 1 is 0.833 bits per heavy atom. The molecule has 0 aromatic heterocycles. The van der Waals surface area contributed by atoms with Gasteiger partial charge in [-0.1, -0.05) is 32.1 Å². The van der Waals surface area contributed by atoms with Crippen LogP contribution in [-0.4, -0.2) is 160 Å². The molecule has 54 heavy (non-hydrogen) atoms. The molecule has 2 aliphatic heterocycles. The van der Waals surface area contributed by atoms with E-state index in [2.05, 4.69) is 16.0 Å². The Hall–Kier alpha value is -2.36. The fourth-order valence-corrected chi connectivity index (χ4v) is 8.15. The highest BCUT2D eigenvalue weighted by Crippen LogP contribution is 2.37. The molecular weight excluding hydrogens is 714 g/mol. The van der Waals surface area contributed by atoms with E-state index in [0.717, 1.165) is 32.1 Å². The van der Waals surface area contributed by atoms with Crippen molar-refractivity contribution in [1.29, 1.82) is 0 Å². The van der Waals surface area contributed by atoms with Crippen LogP contribution in [-0.2, 0) is 42.9 Å². The molecule has 2 heterocycles. The summed E-state index contributed by atoms with van der Waals surface area (Å²) in [5, 5.41) is 72.1. The smallest absolute Gasteiger partial charge is 0.332 e. The molecule has 4 aliphatic rings. The number of aliphatic carboxylic acids is 1. The van der Waals surface area contributed by atoms with Gasteiger partial charge in [-0.15, -0.1) is 0 Å². The van der Waals surface area contributed by atoms with Crippen LogP contribution in [0.5, 0.6) is 0 Å². The van der Waals surface area contributed by atoms with Gasteiger partial charge in [-0.3, -0.25) is 14.4 Å². The molecule has 4 rings (SSSR count). The number of carbonyl (C=O) groups excluding carboxylic acids is 3. The fraction of sp³-hybridized carbons (Fsp3) is 0.889. The van der Waals surface area contributed by atoms with Crippen molar-refractivity contribution >= 4 is 23.6 Å². The highest BCUT2D eigenvalue weighted by Gasteiger charge is 2.53. The molecule has 4 fully saturated rings. The topological polar surface area (TPSA) is 272 Å². The van der Waals surface area contributed by atoms with E-state index in [0.29, 0.717) is 13.0 Å². The molecule has 18 heteroatoms. The number of ether oxygens (including phenoxy) is 5. The van der Waals surface area contributed by atoms with Gasteiger partial charge in [0.1, 0.15) is 54.6 Å². The zero-order valence-corrected chi connectivity index (χ0v) is 31.6. The van der Waals surface area contributed by atoms with E-state index in [9.17, 15) is 49.8 Å². The number of carboxylic acids is 1. The highest BCUT2D eigenvalue weighted by atomic mass is 16.7. The monoisotopic (exact) mass is 775 g/mol. The first-order chi connectivity index (χ1) is 25.6. The van der Waals surface area contributed by atoms with E-state index in [1.165, 1.54) is 20.8 Å². The van der Waals surface area contributed by atoms with Gasteiger partial charge in [-0.2, -0.15) is 0 Å². The van der Waals surface area contributed by atoms with Gasteiger partial charge in [-0.05, 0) is 52.1 Å². The Balaban J connectivity index is 1.70. The first-order valence-corrected chi connectivity index (χ1v) is 19.2. The molecule has 18 nitrogen and oxygen atoms in total. The predicted octanol–water partition coefficient (Wildman–Crippen LogP) is -1.54. The van der Waals surface area contributed by atoms with Gasteiger partial charge >= 0.3 is 5.97 Å². The number of Topliss-reactive ketones (excluding diaryl/α,β-unsaturated/α-hetero) is 1. The van der Waals surface area contributed by atoms with Crippen molar-refractivity contribution < 1.29 is 73.5 Å². The Kier molecular flexibility index (Phi) is 17.0. The normalized spacial score (nSPS) is 38.3. The zero-order chi connectivity index (χ0) is 39.7. The summed E-state index contributed by atoms with van der Waals surface area (Å²) in [6, 6.07) is -2.26. The lowest BCUT2D eigenvalue weighted by Gasteiger charge is -2.49. The number of rotatable bonds is 17. The van der Waals surface area contributed by atoms with Crippen LogP contribution in [0.4, 0.5) is 0 Å². The number of ketones is 1. The number of hydrogen-bond acceptors (Lipinski definition) is 15. The van der Waals surface area contributed by atoms with E-state index >= 15 is 0 Å². The van der Waals surface area contributed by atoms with Crippen LogP contribution in [0, 0.1) is 11.8 Å². The van der Waals surface area contributed by atoms with Gasteiger partial charge in [0.25, 0.3) is 0 Å². The molecule has 310 valence electrons. The standard InChI is InChI=1S/C36H61N3O15/c1-17-28(44)30(46)31(47)36(50-17)54-32-22(38-18(2)41)14-21(23(43)11-8-12-37-4)15-24(32)52-35-27(39-19(3)42)33(29(45)26(16-40)53-35)51-25(34(48)49)13-20-9-6-5-7-10-20/h17,20-22,24-33,35-37,40,44-47H,5-16H2,1-4H3,(H,38,41)(H,39,42)(H,48,49)/t17?,21?,22?,24-,25+,26+,27?,28-,29+,30+,31?,32-,33?,35-,36+/m1/s1. The molecule has 0 aromatic rings. The van der Waals surface area contributed by atoms with Crippen LogP contribution in [0.2, 0.25) is 0 Å². The summed E-state index contributed by atoms with van der Waals surface area (Å²) in [5.74, 6) is -3.04. The van der Waals surface area contributed by atoms with Gasteiger partial charge in [-0.25, -0.2) is 4.79 Å². The van der Waals surface area contributed by atoms with E-state index in [4.69, 9.17) is 23.7 Å². The molecule has 0 bridgehead atoms. The fourth-order valence-electron chi connectivity index (χ4n) is 8.15. The number of carboxylic acid groups (broad SMARTS) is 1. The number of carbonyl (C=O) groups is 4. The van der Waals surface area contributed by atoms with Crippen LogP contribution in [0.1, 0.15) is 85.0 Å². The first-order valence-electron chi connectivity index (χ1n) is 19.2. The second-order valence-corrected chi connectivity index (χ2v) is 15.2. The minimum atomic E-state index is -1.72. The number of aliphatic hydroxyl groups excluding tert-OH is 5. The predicted molar refractivity (Wildman–Crippen MR) is 187 cm³/mol. The van der Waals surface area contributed by atoms with Gasteiger partial charge in [0.2, 0.25) is 11.8 Å². The number of amides is 2. The molecule has 6 unspecified atom stereocenters. The van der Waals surface area contributed by atoms with Crippen molar-refractivity contribution in [3.63, 3.8) is 0 Å². The van der Waals surface area contributed by atoms with Crippen LogP contribution >= 0.6 is 0 Å². The summed E-state index contributed by atoms with van der Waals surface area (Å²) in [7, 11) is 1.76.